The Kier molecular flexibility index (Phi) is 7.47. The zero-order valence-electron chi connectivity index (χ0n) is 17.0. The summed E-state index contributed by atoms with van der Waals surface area (Å²) in [6.45, 7) is 2.85. The van der Waals surface area contributed by atoms with Crippen molar-refractivity contribution in [1.29, 1.82) is 0 Å². The molecule has 31 heavy (non-hydrogen) atoms. The molecule has 1 aromatic carbocycles. The van der Waals surface area contributed by atoms with E-state index in [1.807, 2.05) is 0 Å². The third-order valence-corrected chi connectivity index (χ3v) is 6.11. The Morgan fingerprint density at radius 3 is 2.61 bits per heavy atom. The predicted molar refractivity (Wildman–Crippen MR) is 119 cm³/mol. The largest absolute Gasteiger partial charge is 0.395 e. The summed E-state index contributed by atoms with van der Waals surface area (Å²) in [5, 5.41) is 3.37. The maximum absolute atomic E-state index is 13.5. The number of amides is 3. The van der Waals surface area contributed by atoms with Gasteiger partial charge >= 0.3 is 0 Å². The summed E-state index contributed by atoms with van der Waals surface area (Å²) in [5.74, 6) is -1.70. The number of carbonyl (C=O) groups excluding carboxylic acids is 3. The van der Waals surface area contributed by atoms with Gasteiger partial charge in [-0.3, -0.25) is 19.3 Å². The van der Waals surface area contributed by atoms with E-state index in [0.29, 0.717) is 30.3 Å². The molecule has 2 unspecified atom stereocenters. The normalized spacial score (nSPS) is 16.6. The van der Waals surface area contributed by atoms with Crippen LogP contribution >= 0.6 is 23.1 Å². The van der Waals surface area contributed by atoms with Gasteiger partial charge in [-0.25, -0.2) is 0 Å². The molecule has 5 N–H and O–H groups in total. The molecular weight excluding hydrogens is 442 g/mol. The van der Waals surface area contributed by atoms with E-state index in [4.69, 9.17) is 27.8 Å². The number of nitrogen functional groups attached to an aromatic ring is 1. The van der Waals surface area contributed by atoms with Crippen molar-refractivity contribution >= 4 is 52.2 Å². The third kappa shape index (κ3) is 5.15. The van der Waals surface area contributed by atoms with Crippen molar-refractivity contribution in [2.45, 2.75) is 38.3 Å². The van der Waals surface area contributed by atoms with Crippen molar-refractivity contribution in [3.05, 3.63) is 39.9 Å². The van der Waals surface area contributed by atoms with Crippen LogP contribution in [0.4, 0.5) is 11.4 Å². The number of benzene rings is 1. The van der Waals surface area contributed by atoms with Crippen molar-refractivity contribution in [2.24, 2.45) is 5.73 Å². The Hall–Kier alpha value is -2.69. The highest BCUT2D eigenvalue weighted by molar-refractivity contribution is 7.09. The van der Waals surface area contributed by atoms with Crippen LogP contribution in [0.3, 0.4) is 0 Å². The Morgan fingerprint density at radius 1 is 1.35 bits per heavy atom. The van der Waals surface area contributed by atoms with E-state index in [1.165, 1.54) is 4.90 Å². The van der Waals surface area contributed by atoms with Crippen LogP contribution in [0, 0.1) is 0 Å². The number of hydrogen-bond acceptors (Lipinski definition) is 7. The number of halogens is 1. The molecule has 3 amide bonds. The first-order valence-corrected chi connectivity index (χ1v) is 11.0. The first kappa shape index (κ1) is 23.0. The quantitative estimate of drug-likeness (QED) is 0.545. The van der Waals surface area contributed by atoms with Gasteiger partial charge in [0.05, 0.1) is 11.8 Å². The lowest BCUT2D eigenvalue weighted by Gasteiger charge is -2.30. The first-order valence-electron chi connectivity index (χ1n) is 9.86. The van der Waals surface area contributed by atoms with E-state index in [2.05, 4.69) is 9.69 Å². The van der Waals surface area contributed by atoms with Gasteiger partial charge in [0.1, 0.15) is 10.9 Å². The maximum Gasteiger partial charge on any atom is 0.272 e. The Bertz CT molecular complexity index is 959. The van der Waals surface area contributed by atoms with Gasteiger partial charge in [-0.2, -0.15) is 4.37 Å². The molecule has 2 heterocycles. The molecule has 2 atom stereocenters. The molecule has 2 aromatic rings. The predicted octanol–water partition coefficient (Wildman–Crippen LogP) is 2.20. The van der Waals surface area contributed by atoms with Gasteiger partial charge < -0.3 is 21.5 Å². The van der Waals surface area contributed by atoms with Gasteiger partial charge in [0.25, 0.3) is 11.8 Å². The summed E-state index contributed by atoms with van der Waals surface area (Å²) < 4.78 is 9.46. The van der Waals surface area contributed by atoms with Gasteiger partial charge in [0, 0.05) is 23.9 Å². The lowest BCUT2D eigenvalue weighted by Crippen LogP contribution is -2.50. The fourth-order valence-electron chi connectivity index (χ4n) is 3.40. The van der Waals surface area contributed by atoms with Crippen LogP contribution in [0.1, 0.15) is 46.3 Å². The second-order valence-corrected chi connectivity index (χ2v) is 8.30. The average molecular weight is 466 g/mol. The van der Waals surface area contributed by atoms with E-state index in [1.54, 1.807) is 31.2 Å². The zero-order chi connectivity index (χ0) is 22.5. The van der Waals surface area contributed by atoms with Crippen LogP contribution in [0.5, 0.6) is 0 Å². The number of ether oxygens (including phenoxy) is 1. The Balaban J connectivity index is 1.92. The molecule has 9 nitrogen and oxygen atoms in total. The van der Waals surface area contributed by atoms with Crippen molar-refractivity contribution in [1.82, 2.24) is 9.69 Å². The van der Waals surface area contributed by atoms with Crippen molar-refractivity contribution in [2.75, 3.05) is 23.8 Å². The van der Waals surface area contributed by atoms with Gasteiger partial charge in [-0.05, 0) is 55.1 Å². The van der Waals surface area contributed by atoms with E-state index >= 15 is 0 Å². The minimum atomic E-state index is -0.827. The van der Waals surface area contributed by atoms with E-state index in [0.717, 1.165) is 24.4 Å². The monoisotopic (exact) mass is 465 g/mol. The van der Waals surface area contributed by atoms with E-state index in [-0.39, 0.29) is 28.3 Å². The van der Waals surface area contributed by atoms with Crippen LogP contribution in [0.15, 0.2) is 24.3 Å². The summed E-state index contributed by atoms with van der Waals surface area (Å²) in [4.78, 5) is 39.4. The SMILES string of the molecule is CCC(C(=O)NCC1CCCO1)N(C(=O)c1snc(C(N)=O)c1N)c1ccc(Cl)cc1. The van der Waals surface area contributed by atoms with Gasteiger partial charge in [-0.15, -0.1) is 0 Å². The topological polar surface area (TPSA) is 141 Å². The molecule has 1 aliphatic rings. The van der Waals surface area contributed by atoms with E-state index in [9.17, 15) is 14.4 Å². The number of nitrogens with zero attached hydrogens (tertiary/aromatic N) is 2. The number of anilines is 2. The number of primary amides is 1. The molecule has 1 aromatic heterocycles. The number of nitrogens with one attached hydrogen (secondary N) is 1. The van der Waals surface area contributed by atoms with Crippen LogP contribution in [0.25, 0.3) is 0 Å². The molecule has 11 heteroatoms. The van der Waals surface area contributed by atoms with Crippen LogP contribution in [0.2, 0.25) is 5.02 Å². The highest BCUT2D eigenvalue weighted by Crippen LogP contribution is 2.29. The van der Waals surface area contributed by atoms with Gasteiger partial charge in [-0.1, -0.05) is 18.5 Å². The Labute approximate surface area is 188 Å². The minimum Gasteiger partial charge on any atom is -0.395 e. The number of hydrogen-bond donors (Lipinski definition) is 3. The van der Waals surface area contributed by atoms with Crippen LogP contribution in [-0.2, 0) is 9.53 Å². The lowest BCUT2D eigenvalue weighted by atomic mass is 10.1. The highest BCUT2D eigenvalue weighted by Gasteiger charge is 2.34. The molecule has 0 radical (unpaired) electrons. The summed E-state index contributed by atoms with van der Waals surface area (Å²) in [6, 6.07) is 5.71. The van der Waals surface area contributed by atoms with Crippen LogP contribution < -0.4 is 21.7 Å². The summed E-state index contributed by atoms with van der Waals surface area (Å²) in [6.07, 6.45) is 2.15. The number of carbonyl (C=O) groups is 3. The zero-order valence-corrected chi connectivity index (χ0v) is 18.5. The van der Waals surface area contributed by atoms with Gasteiger partial charge in [0.15, 0.2) is 5.69 Å². The van der Waals surface area contributed by atoms with Crippen molar-refractivity contribution in [3.8, 4) is 0 Å². The number of aromatic nitrogens is 1. The lowest BCUT2D eigenvalue weighted by molar-refractivity contribution is -0.122. The summed E-state index contributed by atoms with van der Waals surface area (Å²) in [5.41, 5.74) is 11.4. The molecule has 1 saturated heterocycles. The standard InChI is InChI=1S/C20H24ClN5O4S/c1-2-14(19(28)24-10-13-4-3-9-30-13)26(12-7-5-11(21)6-8-12)20(29)17-15(22)16(18(23)27)25-31-17/h5-8,13-14H,2-4,9-10,22H2,1H3,(H2,23,27)(H,24,28). The molecule has 1 fully saturated rings. The molecule has 0 spiro atoms. The number of nitrogens with two attached hydrogens (primary N) is 2. The fraction of sp³-hybridized carbons (Fsp3) is 0.400. The Morgan fingerprint density at radius 2 is 2.06 bits per heavy atom. The van der Waals surface area contributed by atoms with Crippen LogP contribution in [-0.4, -0.2) is 47.4 Å². The molecule has 0 saturated carbocycles. The van der Waals surface area contributed by atoms with E-state index < -0.39 is 17.9 Å². The minimum absolute atomic E-state index is 0.0311. The summed E-state index contributed by atoms with van der Waals surface area (Å²) >= 11 is 6.77. The fourth-order valence-corrected chi connectivity index (χ4v) is 4.27. The smallest absolute Gasteiger partial charge is 0.272 e. The second-order valence-electron chi connectivity index (χ2n) is 7.09. The van der Waals surface area contributed by atoms with Crippen molar-refractivity contribution < 1.29 is 19.1 Å². The average Bonchev–Trinajstić information content (AvgIpc) is 3.40. The highest BCUT2D eigenvalue weighted by atomic mass is 35.5. The second kappa shape index (κ2) is 10.1. The molecule has 3 rings (SSSR count). The number of rotatable bonds is 8. The molecule has 166 valence electrons. The van der Waals surface area contributed by atoms with Gasteiger partial charge in [0.2, 0.25) is 5.91 Å². The van der Waals surface area contributed by atoms with Crippen molar-refractivity contribution in [3.63, 3.8) is 0 Å². The summed E-state index contributed by atoms with van der Waals surface area (Å²) in [7, 11) is 0. The first-order chi connectivity index (χ1) is 14.8. The molecular formula is C20H24ClN5O4S. The maximum atomic E-state index is 13.5. The molecule has 1 aliphatic heterocycles. The third-order valence-electron chi connectivity index (χ3n) is 5.01. The molecule has 0 aliphatic carbocycles. The molecule has 0 bridgehead atoms.